The quantitative estimate of drug-likeness (QED) is 0.394. The van der Waals surface area contributed by atoms with Crippen LogP contribution < -0.4 is 0 Å². The van der Waals surface area contributed by atoms with E-state index < -0.39 is 53.2 Å². The molecular weight excluding hydrogens is 544 g/mol. The van der Waals surface area contributed by atoms with E-state index in [-0.39, 0.29) is 48.7 Å². The monoisotopic (exact) mass is 590 g/mol. The molecule has 0 radical (unpaired) electrons. The summed E-state index contributed by atoms with van der Waals surface area (Å²) in [5.74, 6) is -2.83. The summed E-state index contributed by atoms with van der Waals surface area (Å²) in [6, 6.07) is 7.00. The minimum atomic E-state index is -1.50. The van der Waals surface area contributed by atoms with Gasteiger partial charge in [-0.2, -0.15) is 0 Å². The van der Waals surface area contributed by atoms with E-state index in [4.69, 9.17) is 23.7 Å². The van der Waals surface area contributed by atoms with Gasteiger partial charge in [0.25, 0.3) is 0 Å². The highest BCUT2D eigenvalue weighted by molar-refractivity contribution is 5.83. The van der Waals surface area contributed by atoms with Gasteiger partial charge >= 0.3 is 11.9 Å². The van der Waals surface area contributed by atoms with Crippen molar-refractivity contribution < 1.29 is 48.6 Å². The predicted molar refractivity (Wildman–Crippen MR) is 152 cm³/mol. The van der Waals surface area contributed by atoms with E-state index in [1.54, 1.807) is 32.2 Å². The van der Waals surface area contributed by atoms with Crippen molar-refractivity contribution in [3.8, 4) is 5.75 Å². The van der Waals surface area contributed by atoms with Crippen LogP contribution >= 0.6 is 0 Å². The second-order valence-electron chi connectivity index (χ2n) is 13.2. The molecule has 9 unspecified atom stereocenters. The van der Waals surface area contributed by atoms with E-state index in [1.807, 2.05) is 26.8 Å². The minimum absolute atomic E-state index is 0.00565. The number of ether oxygens (including phenoxy) is 5. The molecule has 10 heteroatoms. The Hall–Kier alpha value is -2.66. The van der Waals surface area contributed by atoms with Crippen molar-refractivity contribution in [1.82, 2.24) is 0 Å². The number of aliphatic hydroxyl groups excluding tert-OH is 1. The van der Waals surface area contributed by atoms with Crippen LogP contribution in [0.15, 0.2) is 36.1 Å². The number of rotatable bonds is 7. The Labute approximate surface area is 247 Å². The first-order valence-corrected chi connectivity index (χ1v) is 14.8. The lowest BCUT2D eigenvalue weighted by atomic mass is 9.66. The Balaban J connectivity index is 1.68. The zero-order valence-corrected chi connectivity index (χ0v) is 25.7. The molecule has 9 atom stereocenters. The van der Waals surface area contributed by atoms with Gasteiger partial charge in [-0.15, -0.1) is 0 Å². The second kappa shape index (κ2) is 12.1. The summed E-state index contributed by atoms with van der Waals surface area (Å²) >= 11 is 0. The summed E-state index contributed by atoms with van der Waals surface area (Å²) in [6.45, 7) is 10.9. The molecule has 0 saturated carbocycles. The molecule has 1 spiro atoms. The maximum atomic E-state index is 13.1. The minimum Gasteiger partial charge on any atom is -0.508 e. The summed E-state index contributed by atoms with van der Waals surface area (Å²) < 4.78 is 30.5. The molecule has 3 aliphatic heterocycles. The molecule has 42 heavy (non-hydrogen) atoms. The molecule has 1 aromatic carbocycles. The summed E-state index contributed by atoms with van der Waals surface area (Å²) in [4.78, 5) is 26.0. The normalized spacial score (nSPS) is 36.5. The lowest BCUT2D eigenvalue weighted by Gasteiger charge is -2.59. The Morgan fingerprint density at radius 3 is 2.48 bits per heavy atom. The average molecular weight is 591 g/mol. The van der Waals surface area contributed by atoms with Crippen LogP contribution in [0.1, 0.15) is 85.3 Å². The Kier molecular flexibility index (Phi) is 9.33. The van der Waals surface area contributed by atoms with Crippen LogP contribution in [0.4, 0.5) is 0 Å². The van der Waals surface area contributed by atoms with Gasteiger partial charge in [0.05, 0.1) is 37.2 Å². The molecule has 10 nitrogen and oxygen atoms in total. The first-order chi connectivity index (χ1) is 19.6. The van der Waals surface area contributed by atoms with Gasteiger partial charge in [-0.25, -0.2) is 4.79 Å². The highest BCUT2D eigenvalue weighted by atomic mass is 16.7. The summed E-state index contributed by atoms with van der Waals surface area (Å²) in [5, 5.41) is 31.5. The number of methoxy groups -OCH3 is 1. The number of benzene rings is 1. The van der Waals surface area contributed by atoms with Gasteiger partial charge in [0, 0.05) is 18.4 Å². The third-order valence-corrected chi connectivity index (χ3v) is 9.20. The number of esters is 2. The van der Waals surface area contributed by atoms with E-state index in [1.165, 1.54) is 6.92 Å². The Morgan fingerprint density at radius 1 is 1.12 bits per heavy atom. The van der Waals surface area contributed by atoms with Crippen molar-refractivity contribution in [2.75, 3.05) is 7.11 Å². The van der Waals surface area contributed by atoms with Gasteiger partial charge in [-0.3, -0.25) is 4.79 Å². The summed E-state index contributed by atoms with van der Waals surface area (Å²) in [7, 11) is 1.64. The number of hydrogen-bond acceptors (Lipinski definition) is 10. The van der Waals surface area contributed by atoms with E-state index >= 15 is 0 Å². The topological polar surface area (TPSA) is 141 Å². The maximum absolute atomic E-state index is 13.1. The lowest BCUT2D eigenvalue weighted by molar-refractivity contribution is -0.371. The number of hydrogen-bond donors (Lipinski definition) is 3. The zero-order valence-electron chi connectivity index (χ0n) is 25.7. The lowest BCUT2D eigenvalue weighted by Crippen LogP contribution is -2.65. The van der Waals surface area contributed by atoms with Crippen molar-refractivity contribution in [1.29, 1.82) is 0 Å². The molecule has 0 aromatic heterocycles. The van der Waals surface area contributed by atoms with Crippen molar-refractivity contribution in [2.45, 2.75) is 116 Å². The molecule has 0 amide bonds. The number of phenols is 1. The van der Waals surface area contributed by atoms with Crippen LogP contribution in [0, 0.1) is 17.3 Å². The van der Waals surface area contributed by atoms with E-state index in [9.17, 15) is 24.9 Å². The predicted octanol–water partition coefficient (Wildman–Crippen LogP) is 4.31. The first-order valence-electron chi connectivity index (χ1n) is 14.8. The first kappa shape index (κ1) is 32.3. The smallest absolute Gasteiger partial charge is 0.334 e. The van der Waals surface area contributed by atoms with Crippen LogP contribution in [0.25, 0.3) is 0 Å². The molecule has 2 fully saturated rings. The fraction of sp³-hybridized carbons (Fsp3) is 0.688. The molecule has 1 aromatic rings. The number of cyclic esters (lactones) is 1. The standard InChI is InChI=1S/C32H46O10/c1-18(11-12-23(38-7)21-9-8-10-22(34)13-21)29-19(2)25-16-32(42-29)30(4,5)17-31(6,37)26(41-32)15-28(36)39-24(20(3)33)14-27(35)40-25/h8-10,13,15,18-20,23-25,29,33-34,37H,11-12,14,16-17H2,1-7H3/b26-15-. The van der Waals surface area contributed by atoms with Crippen LogP contribution in [0.2, 0.25) is 0 Å². The molecule has 2 saturated heterocycles. The highest BCUT2D eigenvalue weighted by Crippen LogP contribution is 2.56. The largest absolute Gasteiger partial charge is 0.508 e. The zero-order chi connectivity index (χ0) is 31.0. The van der Waals surface area contributed by atoms with E-state index in [0.717, 1.165) is 11.6 Å². The SMILES string of the molecule is COC(CCC(C)C1OC23CC(OC(=O)CC(C(C)O)OC(=O)/C=C(\O2)C(C)(O)CC3(C)C)C1C)c1cccc(O)c1. The van der Waals surface area contributed by atoms with Gasteiger partial charge in [-0.05, 0) is 56.7 Å². The number of aliphatic hydroxyl groups is 2. The van der Waals surface area contributed by atoms with Crippen molar-refractivity contribution in [3.63, 3.8) is 0 Å². The molecular formula is C32H46O10. The number of carbonyl (C=O) groups is 2. The van der Waals surface area contributed by atoms with Gasteiger partial charge < -0.3 is 39.0 Å². The van der Waals surface area contributed by atoms with E-state index in [0.29, 0.717) is 12.8 Å². The average Bonchev–Trinajstić information content (AvgIpc) is 2.88. The summed E-state index contributed by atoms with van der Waals surface area (Å²) in [5.41, 5.74) is -1.37. The fourth-order valence-corrected chi connectivity index (χ4v) is 6.72. The second-order valence-corrected chi connectivity index (χ2v) is 13.2. The third kappa shape index (κ3) is 6.61. The number of phenolic OH excluding ortho intramolecular Hbond substituents is 1. The number of fused-ring (bicyclic) bond motifs is 2. The van der Waals surface area contributed by atoms with Crippen LogP contribution in [-0.4, -0.2) is 70.2 Å². The van der Waals surface area contributed by atoms with Gasteiger partial charge in [0.15, 0.2) is 0 Å². The third-order valence-electron chi connectivity index (χ3n) is 9.20. The number of aromatic hydroxyl groups is 1. The molecule has 3 aliphatic rings. The molecule has 0 aliphatic carbocycles. The highest BCUT2D eigenvalue weighted by Gasteiger charge is 2.63. The Bertz CT molecular complexity index is 1170. The van der Waals surface area contributed by atoms with Crippen molar-refractivity contribution in [2.24, 2.45) is 17.3 Å². The fourth-order valence-electron chi connectivity index (χ4n) is 6.72. The maximum Gasteiger partial charge on any atom is 0.334 e. The number of carbonyl (C=O) groups excluding carboxylic acids is 2. The molecule has 234 valence electrons. The Morgan fingerprint density at radius 2 is 1.83 bits per heavy atom. The van der Waals surface area contributed by atoms with Gasteiger partial charge in [-0.1, -0.05) is 39.8 Å². The summed E-state index contributed by atoms with van der Waals surface area (Å²) in [6.07, 6.45) is -0.974. The van der Waals surface area contributed by atoms with Crippen LogP contribution in [0.3, 0.4) is 0 Å². The van der Waals surface area contributed by atoms with Crippen molar-refractivity contribution in [3.05, 3.63) is 41.7 Å². The van der Waals surface area contributed by atoms with E-state index in [2.05, 4.69) is 6.92 Å². The van der Waals surface area contributed by atoms with Crippen molar-refractivity contribution >= 4 is 11.9 Å². The van der Waals surface area contributed by atoms with Gasteiger partial charge in [0.1, 0.15) is 29.3 Å². The van der Waals surface area contributed by atoms with Crippen LogP contribution in [0.5, 0.6) is 5.75 Å². The molecule has 3 heterocycles. The van der Waals surface area contributed by atoms with Gasteiger partial charge in [0.2, 0.25) is 5.79 Å². The molecule has 3 bridgehead atoms. The molecule has 3 N–H and O–H groups in total. The molecule has 4 rings (SSSR count). The van der Waals surface area contributed by atoms with Crippen LogP contribution in [-0.2, 0) is 33.3 Å².